The lowest BCUT2D eigenvalue weighted by molar-refractivity contribution is 0.0690. The van der Waals surface area contributed by atoms with E-state index in [-0.39, 0.29) is 5.69 Å². The number of ether oxygens (including phenoxy) is 1. The maximum Gasteiger partial charge on any atom is 0.356 e. The number of halogens is 1. The Kier molecular flexibility index (Phi) is 3.82. The maximum absolute atomic E-state index is 10.8. The molecule has 0 spiro atoms. The molecule has 1 aromatic carbocycles. The Labute approximate surface area is 114 Å². The second-order valence-electron chi connectivity index (χ2n) is 3.57. The number of rotatable bonds is 4. The molecule has 0 bridgehead atoms. The molecule has 1 heterocycles. The van der Waals surface area contributed by atoms with E-state index in [1.807, 2.05) is 0 Å². The normalized spacial score (nSPS) is 10.0. The maximum atomic E-state index is 10.8. The Balaban J connectivity index is 2.23. The van der Waals surface area contributed by atoms with Crippen LogP contribution in [-0.4, -0.2) is 28.2 Å². The molecule has 0 aliphatic carbocycles. The van der Waals surface area contributed by atoms with E-state index < -0.39 is 5.97 Å². The number of hydrogen-bond acceptors (Lipinski definition) is 5. The highest BCUT2D eigenvalue weighted by Crippen LogP contribution is 2.28. The van der Waals surface area contributed by atoms with Gasteiger partial charge in [-0.25, -0.2) is 9.78 Å². The number of benzene rings is 1. The van der Waals surface area contributed by atoms with Crippen LogP contribution in [0.2, 0.25) is 5.02 Å². The largest absolute Gasteiger partial charge is 0.495 e. The molecule has 0 fully saturated rings. The zero-order valence-electron chi connectivity index (χ0n) is 9.92. The second-order valence-corrected chi connectivity index (χ2v) is 3.98. The number of nitrogens with one attached hydrogen (secondary N) is 1. The van der Waals surface area contributed by atoms with E-state index in [0.29, 0.717) is 22.3 Å². The molecule has 0 amide bonds. The van der Waals surface area contributed by atoms with E-state index >= 15 is 0 Å². The zero-order valence-corrected chi connectivity index (χ0v) is 10.7. The Morgan fingerprint density at radius 1 is 1.42 bits per heavy atom. The van der Waals surface area contributed by atoms with E-state index in [2.05, 4.69) is 15.3 Å². The first-order chi connectivity index (χ1) is 9.10. The van der Waals surface area contributed by atoms with Crippen molar-refractivity contribution in [2.24, 2.45) is 0 Å². The standard InChI is InChI=1S/C12H10ClN3O3/c1-19-10-3-2-7(4-8(10)13)15-11-6-14-5-9(16-11)12(17)18/h2-6H,1H3,(H,15,16)(H,17,18). The smallest absolute Gasteiger partial charge is 0.356 e. The summed E-state index contributed by atoms with van der Waals surface area (Å²) in [4.78, 5) is 18.5. The third kappa shape index (κ3) is 3.11. The highest BCUT2D eigenvalue weighted by molar-refractivity contribution is 6.32. The van der Waals surface area contributed by atoms with Crippen molar-refractivity contribution in [3.63, 3.8) is 0 Å². The van der Waals surface area contributed by atoms with Gasteiger partial charge in [0.05, 0.1) is 24.5 Å². The van der Waals surface area contributed by atoms with Crippen molar-refractivity contribution in [1.29, 1.82) is 0 Å². The lowest BCUT2D eigenvalue weighted by Crippen LogP contribution is -2.04. The summed E-state index contributed by atoms with van der Waals surface area (Å²) in [6, 6.07) is 5.08. The van der Waals surface area contributed by atoms with Gasteiger partial charge in [0.15, 0.2) is 5.69 Å². The van der Waals surface area contributed by atoms with Crippen LogP contribution in [0, 0.1) is 0 Å². The fraction of sp³-hybridized carbons (Fsp3) is 0.0833. The number of methoxy groups -OCH3 is 1. The molecule has 0 radical (unpaired) electrons. The topological polar surface area (TPSA) is 84.3 Å². The third-order valence-corrected chi connectivity index (χ3v) is 2.57. The minimum absolute atomic E-state index is 0.135. The predicted molar refractivity (Wildman–Crippen MR) is 70.3 cm³/mol. The monoisotopic (exact) mass is 279 g/mol. The van der Waals surface area contributed by atoms with Crippen LogP contribution in [0.3, 0.4) is 0 Å². The van der Waals surface area contributed by atoms with Gasteiger partial charge in [-0.1, -0.05) is 11.6 Å². The highest BCUT2D eigenvalue weighted by Gasteiger charge is 2.07. The van der Waals surface area contributed by atoms with E-state index in [0.717, 1.165) is 0 Å². The molecule has 0 saturated heterocycles. The number of hydrogen-bond donors (Lipinski definition) is 2. The molecule has 19 heavy (non-hydrogen) atoms. The minimum Gasteiger partial charge on any atom is -0.495 e. The van der Waals surface area contributed by atoms with Crippen LogP contribution < -0.4 is 10.1 Å². The molecule has 1 aromatic heterocycles. The van der Waals surface area contributed by atoms with E-state index in [9.17, 15) is 4.79 Å². The Morgan fingerprint density at radius 2 is 2.21 bits per heavy atom. The summed E-state index contributed by atoms with van der Waals surface area (Å²) in [6.07, 6.45) is 2.60. The Morgan fingerprint density at radius 3 is 2.84 bits per heavy atom. The third-order valence-electron chi connectivity index (χ3n) is 2.28. The average molecular weight is 280 g/mol. The van der Waals surface area contributed by atoms with E-state index in [4.69, 9.17) is 21.4 Å². The first-order valence-electron chi connectivity index (χ1n) is 5.26. The van der Waals surface area contributed by atoms with Crippen LogP contribution in [0.1, 0.15) is 10.5 Å². The molecule has 2 aromatic rings. The molecule has 98 valence electrons. The van der Waals surface area contributed by atoms with Gasteiger partial charge in [-0.2, -0.15) is 0 Å². The van der Waals surface area contributed by atoms with Crippen LogP contribution in [-0.2, 0) is 0 Å². The van der Waals surface area contributed by atoms with Crippen molar-refractivity contribution in [1.82, 2.24) is 9.97 Å². The molecule has 0 saturated carbocycles. The number of aromatic nitrogens is 2. The van der Waals surface area contributed by atoms with Crippen molar-refractivity contribution in [3.05, 3.63) is 41.3 Å². The van der Waals surface area contributed by atoms with Gasteiger partial charge in [0.2, 0.25) is 0 Å². The second kappa shape index (κ2) is 5.53. The van der Waals surface area contributed by atoms with E-state index in [1.165, 1.54) is 19.5 Å². The molecule has 7 heteroatoms. The number of aromatic carboxylic acids is 1. The van der Waals surface area contributed by atoms with Crippen LogP contribution in [0.15, 0.2) is 30.6 Å². The summed E-state index contributed by atoms with van der Waals surface area (Å²) in [7, 11) is 1.52. The van der Waals surface area contributed by atoms with Crippen LogP contribution in [0.5, 0.6) is 5.75 Å². The summed E-state index contributed by atoms with van der Waals surface area (Å²) in [6.45, 7) is 0. The van der Waals surface area contributed by atoms with Gasteiger partial charge in [0.25, 0.3) is 0 Å². The van der Waals surface area contributed by atoms with Gasteiger partial charge < -0.3 is 15.2 Å². The van der Waals surface area contributed by atoms with Gasteiger partial charge in [-0.15, -0.1) is 0 Å². The lowest BCUT2D eigenvalue weighted by Gasteiger charge is -2.08. The predicted octanol–water partition coefficient (Wildman–Crippen LogP) is 2.58. The van der Waals surface area contributed by atoms with Crippen molar-refractivity contribution in [2.45, 2.75) is 0 Å². The summed E-state index contributed by atoms with van der Waals surface area (Å²) >= 11 is 5.98. The number of carboxylic acids is 1. The van der Waals surface area contributed by atoms with Gasteiger partial charge >= 0.3 is 5.97 Å². The molecule has 0 aliphatic rings. The minimum atomic E-state index is -1.14. The number of carboxylic acid groups (broad SMARTS) is 1. The number of nitrogens with zero attached hydrogens (tertiary/aromatic N) is 2. The first kappa shape index (κ1) is 13.1. The summed E-state index contributed by atoms with van der Waals surface area (Å²) in [5.41, 5.74) is 0.521. The number of carbonyl (C=O) groups is 1. The summed E-state index contributed by atoms with van der Waals surface area (Å²) < 4.78 is 5.04. The molecule has 2 N–H and O–H groups in total. The summed E-state index contributed by atoms with van der Waals surface area (Å²) in [5, 5.41) is 12.2. The van der Waals surface area contributed by atoms with Gasteiger partial charge in [-0.05, 0) is 18.2 Å². The quantitative estimate of drug-likeness (QED) is 0.895. The molecule has 2 rings (SSSR count). The average Bonchev–Trinajstić information content (AvgIpc) is 2.39. The molecular formula is C12H10ClN3O3. The SMILES string of the molecule is COc1ccc(Nc2cncc(C(=O)O)n2)cc1Cl. The summed E-state index contributed by atoms with van der Waals surface area (Å²) in [5.74, 6) is -0.261. The molecule has 0 atom stereocenters. The molecule has 6 nitrogen and oxygen atoms in total. The highest BCUT2D eigenvalue weighted by atomic mass is 35.5. The van der Waals surface area contributed by atoms with Crippen LogP contribution in [0.25, 0.3) is 0 Å². The van der Waals surface area contributed by atoms with Crippen molar-refractivity contribution in [3.8, 4) is 5.75 Å². The fourth-order valence-corrected chi connectivity index (χ4v) is 1.68. The van der Waals surface area contributed by atoms with Gasteiger partial charge in [-0.3, -0.25) is 4.98 Å². The Bertz CT molecular complexity index is 619. The molecule has 0 unspecified atom stereocenters. The van der Waals surface area contributed by atoms with Crippen molar-refractivity contribution < 1.29 is 14.6 Å². The Hall–Kier alpha value is -2.34. The van der Waals surface area contributed by atoms with Gasteiger partial charge in [0.1, 0.15) is 11.6 Å². The van der Waals surface area contributed by atoms with E-state index in [1.54, 1.807) is 18.2 Å². The fourth-order valence-electron chi connectivity index (χ4n) is 1.42. The van der Waals surface area contributed by atoms with Crippen molar-refractivity contribution >= 4 is 29.1 Å². The van der Waals surface area contributed by atoms with Crippen LogP contribution >= 0.6 is 11.6 Å². The van der Waals surface area contributed by atoms with Crippen molar-refractivity contribution in [2.75, 3.05) is 12.4 Å². The van der Waals surface area contributed by atoms with Crippen LogP contribution in [0.4, 0.5) is 11.5 Å². The number of anilines is 2. The lowest BCUT2D eigenvalue weighted by atomic mass is 10.3. The first-order valence-corrected chi connectivity index (χ1v) is 5.64. The van der Waals surface area contributed by atoms with Gasteiger partial charge in [0, 0.05) is 5.69 Å². The molecular weight excluding hydrogens is 270 g/mol. The molecule has 0 aliphatic heterocycles. The zero-order chi connectivity index (χ0) is 13.8.